The van der Waals surface area contributed by atoms with Crippen molar-refractivity contribution in [3.05, 3.63) is 29.6 Å². The van der Waals surface area contributed by atoms with Crippen LogP contribution in [0.5, 0.6) is 0 Å². The van der Waals surface area contributed by atoms with Crippen LogP contribution in [0.15, 0.2) is 18.3 Å². The van der Waals surface area contributed by atoms with Gasteiger partial charge in [0.05, 0.1) is 6.10 Å². The molecule has 0 aliphatic rings. The molecule has 0 saturated carbocycles. The largest absolute Gasteiger partial charge is 0.368 e. The minimum atomic E-state index is -0.737. The molecule has 1 unspecified atom stereocenters. The lowest BCUT2D eigenvalue weighted by Gasteiger charge is -2.14. The van der Waals surface area contributed by atoms with Gasteiger partial charge in [-0.25, -0.2) is 0 Å². The molecule has 3 heteroatoms. The van der Waals surface area contributed by atoms with Gasteiger partial charge >= 0.3 is 0 Å². The monoisotopic (exact) mass is 195 g/mol. The van der Waals surface area contributed by atoms with E-state index in [2.05, 4.69) is 4.98 Å². The third-order valence-corrected chi connectivity index (χ3v) is 1.81. The molecule has 0 aliphatic heterocycles. The van der Waals surface area contributed by atoms with E-state index in [1.54, 1.807) is 6.20 Å². The van der Waals surface area contributed by atoms with Crippen LogP contribution >= 0.6 is 0 Å². The molecule has 78 valence electrons. The van der Waals surface area contributed by atoms with E-state index in [0.717, 1.165) is 11.3 Å². The average molecular weight is 195 g/mol. The van der Waals surface area contributed by atoms with Crippen molar-refractivity contribution in [1.82, 2.24) is 4.98 Å². The second-order valence-corrected chi connectivity index (χ2v) is 3.65. The minimum Gasteiger partial charge on any atom is -0.368 e. The Hall–Kier alpha value is -0.930. The Kier molecular flexibility index (Phi) is 4.04. The molecular formula is C11H17NO2. The Morgan fingerprint density at radius 2 is 2.14 bits per heavy atom. The molecular weight excluding hydrogens is 178 g/mol. The van der Waals surface area contributed by atoms with Crippen molar-refractivity contribution in [3.8, 4) is 0 Å². The number of rotatable bonds is 4. The summed E-state index contributed by atoms with van der Waals surface area (Å²) in [6.07, 6.45) is 1.57. The molecule has 1 atom stereocenters. The highest BCUT2D eigenvalue weighted by Gasteiger charge is 2.07. The van der Waals surface area contributed by atoms with Crippen molar-refractivity contribution < 1.29 is 9.84 Å². The summed E-state index contributed by atoms with van der Waals surface area (Å²) in [5, 5.41) is 9.49. The zero-order chi connectivity index (χ0) is 10.6. The summed E-state index contributed by atoms with van der Waals surface area (Å²) in [6, 6.07) is 3.88. The van der Waals surface area contributed by atoms with Crippen molar-refractivity contribution >= 4 is 0 Å². The van der Waals surface area contributed by atoms with Crippen LogP contribution in [0.4, 0.5) is 0 Å². The van der Waals surface area contributed by atoms with Gasteiger partial charge in [-0.05, 0) is 32.4 Å². The summed E-state index contributed by atoms with van der Waals surface area (Å²) >= 11 is 0. The first-order valence-corrected chi connectivity index (χ1v) is 4.83. The third-order valence-electron chi connectivity index (χ3n) is 1.81. The Morgan fingerprint density at radius 1 is 1.43 bits per heavy atom. The third kappa shape index (κ3) is 3.85. The number of aliphatic hydroxyl groups excluding tert-OH is 1. The predicted octanol–water partition coefficient (Wildman–Crippen LogP) is 1.68. The van der Waals surface area contributed by atoms with Gasteiger partial charge in [-0.2, -0.15) is 0 Å². The van der Waals surface area contributed by atoms with Crippen LogP contribution in [0.1, 0.15) is 25.1 Å². The topological polar surface area (TPSA) is 42.4 Å². The van der Waals surface area contributed by atoms with Gasteiger partial charge in [0.25, 0.3) is 0 Å². The SMILES string of the molecule is Cc1ccc(CC(O)OC(C)C)cn1. The summed E-state index contributed by atoms with van der Waals surface area (Å²) in [5.74, 6) is 0. The van der Waals surface area contributed by atoms with E-state index in [1.165, 1.54) is 0 Å². The zero-order valence-electron chi connectivity index (χ0n) is 8.90. The number of pyridine rings is 1. The predicted molar refractivity (Wildman–Crippen MR) is 54.9 cm³/mol. The Balaban J connectivity index is 2.47. The Morgan fingerprint density at radius 3 is 2.64 bits per heavy atom. The smallest absolute Gasteiger partial charge is 0.158 e. The molecule has 1 aromatic rings. The lowest BCUT2D eigenvalue weighted by molar-refractivity contribution is -0.123. The highest BCUT2D eigenvalue weighted by Crippen LogP contribution is 2.05. The van der Waals surface area contributed by atoms with Gasteiger partial charge in [0.1, 0.15) is 0 Å². The second kappa shape index (κ2) is 5.08. The Bertz CT molecular complexity index is 269. The van der Waals surface area contributed by atoms with E-state index in [0.29, 0.717) is 6.42 Å². The molecule has 0 aliphatic carbocycles. The molecule has 0 bridgehead atoms. The van der Waals surface area contributed by atoms with Crippen molar-refractivity contribution in [2.75, 3.05) is 0 Å². The molecule has 0 spiro atoms. The van der Waals surface area contributed by atoms with Gasteiger partial charge in [0, 0.05) is 18.3 Å². The molecule has 0 aromatic carbocycles. The molecule has 1 N–H and O–H groups in total. The highest BCUT2D eigenvalue weighted by atomic mass is 16.6. The van der Waals surface area contributed by atoms with E-state index < -0.39 is 6.29 Å². The first-order valence-electron chi connectivity index (χ1n) is 4.83. The van der Waals surface area contributed by atoms with Crippen LogP contribution in [0, 0.1) is 6.92 Å². The van der Waals surface area contributed by atoms with Crippen molar-refractivity contribution in [2.45, 2.75) is 39.6 Å². The summed E-state index contributed by atoms with van der Waals surface area (Å²) in [6.45, 7) is 5.73. The van der Waals surface area contributed by atoms with Gasteiger partial charge in [0.15, 0.2) is 6.29 Å². The second-order valence-electron chi connectivity index (χ2n) is 3.65. The van der Waals surface area contributed by atoms with Crippen molar-refractivity contribution in [1.29, 1.82) is 0 Å². The van der Waals surface area contributed by atoms with Crippen LogP contribution < -0.4 is 0 Å². The fourth-order valence-corrected chi connectivity index (χ4v) is 1.18. The van der Waals surface area contributed by atoms with Gasteiger partial charge in [-0.15, -0.1) is 0 Å². The van der Waals surface area contributed by atoms with E-state index in [9.17, 15) is 5.11 Å². The van der Waals surface area contributed by atoms with Gasteiger partial charge < -0.3 is 9.84 Å². The number of aryl methyl sites for hydroxylation is 1. The zero-order valence-corrected chi connectivity index (χ0v) is 8.90. The van der Waals surface area contributed by atoms with Gasteiger partial charge in [0.2, 0.25) is 0 Å². The van der Waals surface area contributed by atoms with E-state index >= 15 is 0 Å². The molecule has 0 amide bonds. The molecule has 0 saturated heterocycles. The molecule has 0 radical (unpaired) electrons. The van der Waals surface area contributed by atoms with Crippen LogP contribution in [-0.2, 0) is 11.2 Å². The van der Waals surface area contributed by atoms with E-state index in [4.69, 9.17) is 4.74 Å². The lowest BCUT2D eigenvalue weighted by Crippen LogP contribution is -2.19. The fourth-order valence-electron chi connectivity index (χ4n) is 1.18. The first-order chi connectivity index (χ1) is 6.58. The average Bonchev–Trinajstić information content (AvgIpc) is 2.07. The maximum Gasteiger partial charge on any atom is 0.158 e. The standard InChI is InChI=1S/C11H17NO2/c1-8(2)14-11(13)6-10-5-4-9(3)12-7-10/h4-5,7-8,11,13H,6H2,1-3H3. The summed E-state index contributed by atoms with van der Waals surface area (Å²) in [7, 11) is 0. The minimum absolute atomic E-state index is 0.0448. The fraction of sp³-hybridized carbons (Fsp3) is 0.545. The molecule has 14 heavy (non-hydrogen) atoms. The number of ether oxygens (including phenoxy) is 1. The van der Waals surface area contributed by atoms with Gasteiger partial charge in [-0.1, -0.05) is 6.07 Å². The number of nitrogens with zero attached hydrogens (tertiary/aromatic N) is 1. The first kappa shape index (κ1) is 11.1. The maximum absolute atomic E-state index is 9.49. The summed E-state index contributed by atoms with van der Waals surface area (Å²) in [5.41, 5.74) is 1.97. The van der Waals surface area contributed by atoms with Gasteiger partial charge in [-0.3, -0.25) is 4.98 Å². The van der Waals surface area contributed by atoms with Crippen LogP contribution in [0.2, 0.25) is 0 Å². The molecule has 3 nitrogen and oxygen atoms in total. The number of aliphatic hydroxyl groups is 1. The molecule has 1 rings (SSSR count). The van der Waals surface area contributed by atoms with E-state index in [1.807, 2.05) is 32.9 Å². The van der Waals surface area contributed by atoms with Crippen molar-refractivity contribution in [2.24, 2.45) is 0 Å². The van der Waals surface area contributed by atoms with E-state index in [-0.39, 0.29) is 6.10 Å². The van der Waals surface area contributed by atoms with Crippen LogP contribution in [0.3, 0.4) is 0 Å². The summed E-state index contributed by atoms with van der Waals surface area (Å²) in [4.78, 5) is 4.14. The lowest BCUT2D eigenvalue weighted by atomic mass is 10.2. The normalized spacial score (nSPS) is 13.2. The summed E-state index contributed by atoms with van der Waals surface area (Å²) < 4.78 is 5.21. The number of aromatic nitrogens is 1. The highest BCUT2D eigenvalue weighted by molar-refractivity contribution is 5.13. The van der Waals surface area contributed by atoms with Crippen LogP contribution in [0.25, 0.3) is 0 Å². The van der Waals surface area contributed by atoms with Crippen LogP contribution in [-0.4, -0.2) is 22.5 Å². The maximum atomic E-state index is 9.49. The Labute approximate surface area is 84.7 Å². The number of hydrogen-bond donors (Lipinski definition) is 1. The molecule has 1 heterocycles. The number of hydrogen-bond acceptors (Lipinski definition) is 3. The quantitative estimate of drug-likeness (QED) is 0.743. The molecule has 1 aromatic heterocycles. The molecule has 0 fully saturated rings. The van der Waals surface area contributed by atoms with Crippen molar-refractivity contribution in [3.63, 3.8) is 0 Å².